The number of aliphatic hydroxyl groups is 4. The van der Waals surface area contributed by atoms with Gasteiger partial charge in [-0.25, -0.2) is 4.68 Å². The molecule has 19 heavy (non-hydrogen) atoms. The van der Waals surface area contributed by atoms with Crippen molar-refractivity contribution in [2.45, 2.75) is 50.8 Å². The van der Waals surface area contributed by atoms with E-state index in [1.165, 1.54) is 4.68 Å². The van der Waals surface area contributed by atoms with Gasteiger partial charge in [0.1, 0.15) is 0 Å². The Hall–Kier alpha value is -1.06. The smallest absolute Gasteiger partial charge is 0.0990 e. The zero-order valence-electron chi connectivity index (χ0n) is 10.9. The van der Waals surface area contributed by atoms with Gasteiger partial charge in [0.25, 0.3) is 0 Å². The van der Waals surface area contributed by atoms with Gasteiger partial charge in [0.2, 0.25) is 0 Å². The minimum absolute atomic E-state index is 0.256. The van der Waals surface area contributed by atoms with Gasteiger partial charge in [0.15, 0.2) is 0 Å². The van der Waals surface area contributed by atoms with Crippen molar-refractivity contribution < 1.29 is 20.4 Å². The second kappa shape index (κ2) is 5.51. The monoisotopic (exact) mass is 272 g/mol. The van der Waals surface area contributed by atoms with Crippen LogP contribution in [0.15, 0.2) is 0 Å². The van der Waals surface area contributed by atoms with E-state index in [0.717, 1.165) is 0 Å². The zero-order valence-corrected chi connectivity index (χ0v) is 10.9. The van der Waals surface area contributed by atoms with Crippen LogP contribution in [0.1, 0.15) is 24.4 Å². The quantitative estimate of drug-likeness (QED) is 0.417. The Bertz CT molecular complexity index is 436. The minimum atomic E-state index is -1.02. The van der Waals surface area contributed by atoms with Crippen molar-refractivity contribution in [2.24, 2.45) is 0 Å². The van der Waals surface area contributed by atoms with Crippen LogP contribution in [-0.2, 0) is 6.54 Å². The second-order valence-electron chi connectivity index (χ2n) is 4.96. The summed E-state index contributed by atoms with van der Waals surface area (Å²) in [4.78, 5) is 0. The van der Waals surface area contributed by atoms with Crippen LogP contribution in [0.25, 0.3) is 0 Å². The maximum absolute atomic E-state index is 9.91. The van der Waals surface area contributed by atoms with Crippen LogP contribution in [0.4, 0.5) is 0 Å². The summed E-state index contributed by atoms with van der Waals surface area (Å²) in [7, 11) is 0. The fraction of sp³-hybridized carbons (Fsp3) is 0.818. The third kappa shape index (κ3) is 2.63. The van der Waals surface area contributed by atoms with Gasteiger partial charge >= 0.3 is 0 Å². The van der Waals surface area contributed by atoms with Crippen molar-refractivity contribution in [1.29, 1.82) is 0 Å². The number of aromatic nitrogens is 3. The predicted octanol–water partition coefficient (Wildman–Crippen LogP) is -2.31. The second-order valence-corrected chi connectivity index (χ2v) is 4.96. The van der Waals surface area contributed by atoms with Crippen molar-refractivity contribution in [3.8, 4) is 0 Å². The Balaban J connectivity index is 2.14. The van der Waals surface area contributed by atoms with Crippen molar-refractivity contribution in [1.82, 2.24) is 20.3 Å². The molecule has 5 atom stereocenters. The molecule has 2 heterocycles. The molecule has 8 nitrogen and oxygen atoms in total. The highest BCUT2D eigenvalue weighted by Crippen LogP contribution is 2.19. The van der Waals surface area contributed by atoms with Crippen LogP contribution in [0.3, 0.4) is 0 Å². The first-order chi connectivity index (χ1) is 8.95. The SMILES string of the molecule is Cc1nnn(C[C@H]2N[C@H](CO)[C@@H](O)[C@@H]2O)c1C(C)O. The van der Waals surface area contributed by atoms with Gasteiger partial charge < -0.3 is 25.7 Å². The summed E-state index contributed by atoms with van der Waals surface area (Å²) in [6.07, 6.45) is -2.73. The topological polar surface area (TPSA) is 124 Å². The van der Waals surface area contributed by atoms with E-state index >= 15 is 0 Å². The lowest BCUT2D eigenvalue weighted by Crippen LogP contribution is -2.38. The van der Waals surface area contributed by atoms with E-state index in [1.54, 1.807) is 13.8 Å². The highest BCUT2D eigenvalue weighted by molar-refractivity contribution is 5.11. The van der Waals surface area contributed by atoms with Crippen LogP contribution < -0.4 is 5.32 Å². The fourth-order valence-corrected chi connectivity index (χ4v) is 2.52. The van der Waals surface area contributed by atoms with Gasteiger partial charge in [0.05, 0.1) is 54.9 Å². The van der Waals surface area contributed by atoms with Crippen LogP contribution in [0.2, 0.25) is 0 Å². The van der Waals surface area contributed by atoms with E-state index in [-0.39, 0.29) is 13.2 Å². The van der Waals surface area contributed by atoms with E-state index in [0.29, 0.717) is 11.4 Å². The van der Waals surface area contributed by atoms with Crippen molar-refractivity contribution >= 4 is 0 Å². The molecule has 1 fully saturated rings. The molecule has 5 N–H and O–H groups in total. The van der Waals surface area contributed by atoms with Gasteiger partial charge in [0, 0.05) is 0 Å². The molecule has 0 aliphatic carbocycles. The molecule has 0 aromatic carbocycles. The third-order valence-corrected chi connectivity index (χ3v) is 3.52. The van der Waals surface area contributed by atoms with E-state index in [1.807, 2.05) is 0 Å². The standard InChI is InChI=1S/C11H20N4O4/c1-5-9(6(2)17)15(14-13-5)3-7-10(18)11(19)8(4-16)12-7/h6-8,10-12,16-19H,3-4H2,1-2H3/t6?,7-,8-,10-,11-/m1/s1. The molecule has 1 aliphatic rings. The number of hydrogen-bond donors (Lipinski definition) is 5. The van der Waals surface area contributed by atoms with Crippen molar-refractivity contribution in [3.63, 3.8) is 0 Å². The number of aliphatic hydroxyl groups excluding tert-OH is 4. The Morgan fingerprint density at radius 3 is 2.47 bits per heavy atom. The zero-order chi connectivity index (χ0) is 14.2. The molecule has 0 radical (unpaired) electrons. The maximum atomic E-state index is 9.91. The molecule has 1 aromatic rings. The molecular weight excluding hydrogens is 252 g/mol. The average Bonchev–Trinajstić information content (AvgIpc) is 2.85. The van der Waals surface area contributed by atoms with Gasteiger partial charge in [-0.3, -0.25) is 0 Å². The lowest BCUT2D eigenvalue weighted by Gasteiger charge is -2.17. The van der Waals surface area contributed by atoms with Crippen LogP contribution in [-0.4, -0.2) is 66.3 Å². The first-order valence-electron chi connectivity index (χ1n) is 6.26. The summed E-state index contributed by atoms with van der Waals surface area (Å²) in [5.74, 6) is 0. The summed E-state index contributed by atoms with van der Waals surface area (Å²) in [6.45, 7) is 3.37. The molecule has 1 unspecified atom stereocenters. The van der Waals surface area contributed by atoms with E-state index in [4.69, 9.17) is 5.11 Å². The minimum Gasteiger partial charge on any atom is -0.395 e. The third-order valence-electron chi connectivity index (χ3n) is 3.52. The average molecular weight is 272 g/mol. The molecule has 8 heteroatoms. The molecule has 108 valence electrons. The van der Waals surface area contributed by atoms with Gasteiger partial charge in [-0.05, 0) is 13.8 Å². The first-order valence-corrected chi connectivity index (χ1v) is 6.26. The normalized spacial score (nSPS) is 32.7. The van der Waals surface area contributed by atoms with Crippen LogP contribution in [0.5, 0.6) is 0 Å². The molecule has 1 saturated heterocycles. The maximum Gasteiger partial charge on any atom is 0.0990 e. The number of nitrogens with zero attached hydrogens (tertiary/aromatic N) is 3. The number of nitrogens with one attached hydrogen (secondary N) is 1. The number of aryl methyl sites for hydroxylation is 1. The predicted molar refractivity (Wildman–Crippen MR) is 65.2 cm³/mol. The molecule has 0 saturated carbocycles. The highest BCUT2D eigenvalue weighted by atomic mass is 16.3. The molecule has 0 spiro atoms. The van der Waals surface area contributed by atoms with Gasteiger partial charge in [-0.15, -0.1) is 5.10 Å². The van der Waals surface area contributed by atoms with Crippen molar-refractivity contribution in [2.75, 3.05) is 6.61 Å². The lowest BCUT2D eigenvalue weighted by molar-refractivity contribution is 0.0172. The summed E-state index contributed by atoms with van der Waals surface area (Å²) in [5, 5.41) is 49.2. The first kappa shape index (κ1) is 14.4. The van der Waals surface area contributed by atoms with E-state index in [2.05, 4.69) is 15.6 Å². The lowest BCUT2D eigenvalue weighted by atomic mass is 10.1. The largest absolute Gasteiger partial charge is 0.395 e. The Labute approximate surface area is 110 Å². The van der Waals surface area contributed by atoms with Gasteiger partial charge in [-0.2, -0.15) is 0 Å². The van der Waals surface area contributed by atoms with Crippen LogP contribution >= 0.6 is 0 Å². The summed E-state index contributed by atoms with van der Waals surface area (Å²) >= 11 is 0. The Kier molecular flexibility index (Phi) is 4.16. The highest BCUT2D eigenvalue weighted by Gasteiger charge is 2.41. The molecule has 1 aliphatic heterocycles. The molecule has 2 rings (SSSR count). The number of rotatable bonds is 4. The molecular formula is C11H20N4O4. The Morgan fingerprint density at radius 1 is 1.32 bits per heavy atom. The van der Waals surface area contributed by atoms with E-state index < -0.39 is 30.4 Å². The van der Waals surface area contributed by atoms with E-state index in [9.17, 15) is 15.3 Å². The number of hydrogen-bond acceptors (Lipinski definition) is 7. The molecule has 0 amide bonds. The summed E-state index contributed by atoms with van der Waals surface area (Å²) in [6, 6.07) is -1.01. The fourth-order valence-electron chi connectivity index (χ4n) is 2.52. The van der Waals surface area contributed by atoms with Crippen molar-refractivity contribution in [3.05, 3.63) is 11.4 Å². The van der Waals surface area contributed by atoms with Gasteiger partial charge in [-0.1, -0.05) is 5.21 Å². The van der Waals surface area contributed by atoms with Crippen LogP contribution in [0, 0.1) is 6.92 Å². The summed E-state index contributed by atoms with van der Waals surface area (Å²) < 4.78 is 1.51. The Morgan fingerprint density at radius 2 is 1.95 bits per heavy atom. The summed E-state index contributed by atoms with van der Waals surface area (Å²) in [5.41, 5.74) is 1.21. The molecule has 1 aromatic heterocycles. The molecule has 0 bridgehead atoms.